The van der Waals surface area contributed by atoms with E-state index in [2.05, 4.69) is 16.4 Å². The fourth-order valence-electron chi connectivity index (χ4n) is 2.65. The zero-order chi connectivity index (χ0) is 14.1. The molecule has 1 aliphatic heterocycles. The molecule has 2 aromatic rings. The number of amides is 1. The van der Waals surface area contributed by atoms with Gasteiger partial charge in [0.25, 0.3) is 0 Å². The number of carbonyl (C=O) groups excluding carboxylic acids is 1. The Labute approximate surface area is 122 Å². The van der Waals surface area contributed by atoms with Gasteiger partial charge in [-0.05, 0) is 44.9 Å². The van der Waals surface area contributed by atoms with Gasteiger partial charge in [-0.2, -0.15) is 0 Å². The predicted octanol–water partition coefficient (Wildman–Crippen LogP) is 3.03. The molecule has 1 amide bonds. The van der Waals surface area contributed by atoms with Crippen molar-refractivity contribution in [3.05, 3.63) is 23.2 Å². The van der Waals surface area contributed by atoms with Crippen LogP contribution in [0.3, 0.4) is 0 Å². The van der Waals surface area contributed by atoms with Crippen molar-refractivity contribution in [1.29, 1.82) is 0 Å². The number of nitrogens with zero attached hydrogens (tertiary/aromatic N) is 2. The van der Waals surface area contributed by atoms with E-state index in [4.69, 9.17) is 0 Å². The number of hydrogen-bond acceptors (Lipinski definition) is 4. The largest absolute Gasteiger partial charge is 0.374 e. The Balaban J connectivity index is 1.72. The molecule has 1 unspecified atom stereocenters. The third-order valence-corrected chi connectivity index (χ3v) is 4.60. The highest BCUT2D eigenvalue weighted by Crippen LogP contribution is 2.25. The summed E-state index contributed by atoms with van der Waals surface area (Å²) in [6, 6.07) is 5.90. The number of carbonyl (C=O) groups is 1. The molecule has 1 atom stereocenters. The zero-order valence-electron chi connectivity index (χ0n) is 11.8. The quantitative estimate of drug-likeness (QED) is 0.944. The first-order chi connectivity index (χ1) is 9.63. The second kappa shape index (κ2) is 5.40. The molecule has 1 aliphatic rings. The molecule has 0 spiro atoms. The number of nitrogens with one attached hydrogen (secondary N) is 1. The maximum absolute atomic E-state index is 12.3. The van der Waals surface area contributed by atoms with Crippen molar-refractivity contribution in [3.8, 4) is 0 Å². The molecule has 106 valence electrons. The number of anilines is 1. The Morgan fingerprint density at radius 1 is 1.40 bits per heavy atom. The molecule has 4 nitrogen and oxygen atoms in total. The number of likely N-dealkylation sites (tertiary alicyclic amines) is 1. The summed E-state index contributed by atoms with van der Waals surface area (Å²) in [6.07, 6.45) is 2.26. The highest BCUT2D eigenvalue weighted by atomic mass is 32.1. The average Bonchev–Trinajstić information content (AvgIpc) is 3.05. The minimum absolute atomic E-state index is 0.181. The molecule has 2 heterocycles. The van der Waals surface area contributed by atoms with E-state index in [-0.39, 0.29) is 11.9 Å². The van der Waals surface area contributed by atoms with Gasteiger partial charge in [0.05, 0.1) is 15.2 Å². The molecule has 0 radical (unpaired) electrons. The first-order valence-electron chi connectivity index (χ1n) is 7.06. The normalized spacial score (nSPS) is 16.6. The van der Waals surface area contributed by atoms with E-state index in [1.54, 1.807) is 11.3 Å². The number of benzene rings is 1. The van der Waals surface area contributed by atoms with E-state index >= 15 is 0 Å². The van der Waals surface area contributed by atoms with Gasteiger partial charge in [0.15, 0.2) is 0 Å². The standard InChI is InChI=1S/C15H19N3OS/c1-10(15(19)18-7-3-4-8-18)16-12-5-6-13-14(9-12)20-11(2)17-13/h5-6,9-10,16H,3-4,7-8H2,1-2H3. The second-order valence-electron chi connectivity index (χ2n) is 5.31. The van der Waals surface area contributed by atoms with Gasteiger partial charge in [0.1, 0.15) is 6.04 Å². The summed E-state index contributed by atoms with van der Waals surface area (Å²) in [4.78, 5) is 18.7. The lowest BCUT2D eigenvalue weighted by Crippen LogP contribution is -2.39. The van der Waals surface area contributed by atoms with Gasteiger partial charge in [-0.25, -0.2) is 4.98 Å². The van der Waals surface area contributed by atoms with Crippen molar-refractivity contribution >= 4 is 33.1 Å². The number of fused-ring (bicyclic) bond motifs is 1. The summed E-state index contributed by atoms with van der Waals surface area (Å²) in [6.45, 7) is 5.75. The third kappa shape index (κ3) is 2.63. The molecule has 1 fully saturated rings. The maximum atomic E-state index is 12.3. The van der Waals surface area contributed by atoms with Crippen LogP contribution in [0.1, 0.15) is 24.8 Å². The minimum atomic E-state index is -0.181. The number of rotatable bonds is 3. The summed E-state index contributed by atoms with van der Waals surface area (Å²) in [5, 5.41) is 4.38. The van der Waals surface area contributed by atoms with Crippen LogP contribution in [0.4, 0.5) is 5.69 Å². The van der Waals surface area contributed by atoms with Crippen molar-refractivity contribution in [2.24, 2.45) is 0 Å². The highest BCUT2D eigenvalue weighted by Gasteiger charge is 2.23. The van der Waals surface area contributed by atoms with Crippen LogP contribution in [-0.2, 0) is 4.79 Å². The number of hydrogen-bond donors (Lipinski definition) is 1. The molecule has 1 aromatic heterocycles. The van der Waals surface area contributed by atoms with Crippen LogP contribution in [0.2, 0.25) is 0 Å². The molecule has 3 rings (SSSR count). The van der Waals surface area contributed by atoms with Crippen LogP contribution in [0.15, 0.2) is 18.2 Å². The van der Waals surface area contributed by atoms with Gasteiger partial charge in [-0.3, -0.25) is 4.79 Å². The SMILES string of the molecule is Cc1nc2ccc(NC(C)C(=O)N3CCCC3)cc2s1. The molecular formula is C15H19N3OS. The summed E-state index contributed by atoms with van der Waals surface area (Å²) in [5.41, 5.74) is 2.01. The van der Waals surface area contributed by atoms with Crippen molar-refractivity contribution < 1.29 is 4.79 Å². The summed E-state index contributed by atoms with van der Waals surface area (Å²) in [5.74, 6) is 0.197. The Morgan fingerprint density at radius 2 is 2.15 bits per heavy atom. The van der Waals surface area contributed by atoms with E-state index in [0.717, 1.165) is 46.8 Å². The smallest absolute Gasteiger partial charge is 0.244 e. The van der Waals surface area contributed by atoms with E-state index in [0.29, 0.717) is 0 Å². The molecule has 1 saturated heterocycles. The van der Waals surface area contributed by atoms with Gasteiger partial charge in [0.2, 0.25) is 5.91 Å². The lowest BCUT2D eigenvalue weighted by atomic mass is 10.2. The maximum Gasteiger partial charge on any atom is 0.244 e. The van der Waals surface area contributed by atoms with Crippen LogP contribution in [0, 0.1) is 6.92 Å². The van der Waals surface area contributed by atoms with Crippen molar-refractivity contribution in [2.45, 2.75) is 32.7 Å². The van der Waals surface area contributed by atoms with Gasteiger partial charge in [-0.15, -0.1) is 11.3 Å². The van der Waals surface area contributed by atoms with Crippen LogP contribution in [0.5, 0.6) is 0 Å². The van der Waals surface area contributed by atoms with E-state index in [9.17, 15) is 4.79 Å². The monoisotopic (exact) mass is 289 g/mol. The number of aryl methyl sites for hydroxylation is 1. The summed E-state index contributed by atoms with van der Waals surface area (Å²) < 4.78 is 1.16. The predicted molar refractivity (Wildman–Crippen MR) is 83.3 cm³/mol. The first-order valence-corrected chi connectivity index (χ1v) is 7.87. The Kier molecular flexibility index (Phi) is 3.61. The molecule has 1 aromatic carbocycles. The zero-order valence-corrected chi connectivity index (χ0v) is 12.7. The average molecular weight is 289 g/mol. The lowest BCUT2D eigenvalue weighted by Gasteiger charge is -2.21. The molecule has 1 N–H and O–H groups in total. The molecule has 0 aliphatic carbocycles. The van der Waals surface area contributed by atoms with Gasteiger partial charge in [0, 0.05) is 18.8 Å². The van der Waals surface area contributed by atoms with Crippen molar-refractivity contribution in [1.82, 2.24) is 9.88 Å². The van der Waals surface area contributed by atoms with E-state index < -0.39 is 0 Å². The first kappa shape index (κ1) is 13.4. The van der Waals surface area contributed by atoms with Crippen LogP contribution in [0.25, 0.3) is 10.2 Å². The summed E-state index contributed by atoms with van der Waals surface area (Å²) >= 11 is 1.68. The van der Waals surface area contributed by atoms with E-state index in [1.165, 1.54) is 0 Å². The second-order valence-corrected chi connectivity index (χ2v) is 6.55. The van der Waals surface area contributed by atoms with Crippen LogP contribution >= 0.6 is 11.3 Å². The van der Waals surface area contributed by atoms with Crippen molar-refractivity contribution in [3.63, 3.8) is 0 Å². The Hall–Kier alpha value is -1.62. The molecule has 20 heavy (non-hydrogen) atoms. The number of aromatic nitrogens is 1. The third-order valence-electron chi connectivity index (χ3n) is 3.67. The molecule has 0 bridgehead atoms. The molecular weight excluding hydrogens is 270 g/mol. The fourth-order valence-corrected chi connectivity index (χ4v) is 3.52. The number of thiazole rings is 1. The highest BCUT2D eigenvalue weighted by molar-refractivity contribution is 7.18. The Bertz CT molecular complexity index is 631. The van der Waals surface area contributed by atoms with Crippen LogP contribution < -0.4 is 5.32 Å². The van der Waals surface area contributed by atoms with Gasteiger partial charge in [-0.1, -0.05) is 0 Å². The Morgan fingerprint density at radius 3 is 2.90 bits per heavy atom. The van der Waals surface area contributed by atoms with Crippen molar-refractivity contribution in [2.75, 3.05) is 18.4 Å². The lowest BCUT2D eigenvalue weighted by molar-refractivity contribution is -0.130. The van der Waals surface area contributed by atoms with Gasteiger partial charge >= 0.3 is 0 Å². The minimum Gasteiger partial charge on any atom is -0.374 e. The molecule has 0 saturated carbocycles. The van der Waals surface area contributed by atoms with Crippen LogP contribution in [-0.4, -0.2) is 34.9 Å². The topological polar surface area (TPSA) is 45.2 Å². The van der Waals surface area contributed by atoms with Gasteiger partial charge < -0.3 is 10.2 Å². The fraction of sp³-hybridized carbons (Fsp3) is 0.467. The summed E-state index contributed by atoms with van der Waals surface area (Å²) in [7, 11) is 0. The van der Waals surface area contributed by atoms with E-state index in [1.807, 2.05) is 30.9 Å². The molecule has 5 heteroatoms.